The number of carbonyl (C=O) groups excluding carboxylic acids is 2. The van der Waals surface area contributed by atoms with Crippen LogP contribution < -0.4 is 5.73 Å². The Morgan fingerprint density at radius 1 is 1.30 bits per heavy atom. The number of methoxy groups -OCH3 is 1. The Balaban J connectivity index is 2.18. The Labute approximate surface area is 142 Å². The first-order chi connectivity index (χ1) is 11.0. The molecular formula is C17H16BrNO4. The van der Waals surface area contributed by atoms with E-state index in [0.717, 1.165) is 16.5 Å². The summed E-state index contributed by atoms with van der Waals surface area (Å²) in [5.74, 6) is -0.557. The van der Waals surface area contributed by atoms with E-state index in [4.69, 9.17) is 15.2 Å². The van der Waals surface area contributed by atoms with Crippen LogP contribution in [0.5, 0.6) is 0 Å². The fourth-order valence-electron chi connectivity index (χ4n) is 3.05. The Kier molecular flexibility index (Phi) is 4.26. The molecule has 0 aromatic heterocycles. The zero-order valence-corrected chi connectivity index (χ0v) is 14.2. The summed E-state index contributed by atoms with van der Waals surface area (Å²) in [7, 11) is 1.29. The second-order valence-corrected chi connectivity index (χ2v) is 6.39. The van der Waals surface area contributed by atoms with Crippen molar-refractivity contribution in [3.8, 4) is 0 Å². The van der Waals surface area contributed by atoms with Gasteiger partial charge in [0, 0.05) is 22.9 Å². The molecule has 0 amide bonds. The number of nitrogens with two attached hydrogens (primary N) is 1. The maximum atomic E-state index is 12.5. The van der Waals surface area contributed by atoms with Gasteiger partial charge in [0.1, 0.15) is 11.3 Å². The smallest absolute Gasteiger partial charge is 0.340 e. The standard InChI is InChI=1S/C17H16BrNO4/c1-22-17(21)15-13(9-5-7-10(18)8-6-9)14-11(20)3-2-4-12(14)23-16(15)19/h5-8,13H,2-4,19H2,1H3. The van der Waals surface area contributed by atoms with Crippen molar-refractivity contribution in [2.75, 3.05) is 7.11 Å². The van der Waals surface area contributed by atoms with Crippen LogP contribution in [0.15, 0.2) is 51.5 Å². The maximum absolute atomic E-state index is 12.5. The number of halogens is 1. The summed E-state index contributed by atoms with van der Waals surface area (Å²) >= 11 is 3.39. The van der Waals surface area contributed by atoms with Crippen LogP contribution in [0, 0.1) is 0 Å². The van der Waals surface area contributed by atoms with Crippen LogP contribution in [0.3, 0.4) is 0 Å². The molecule has 1 heterocycles. The summed E-state index contributed by atoms with van der Waals surface area (Å²) in [4.78, 5) is 24.7. The van der Waals surface area contributed by atoms with Gasteiger partial charge in [0.05, 0.1) is 13.0 Å². The fourth-order valence-corrected chi connectivity index (χ4v) is 3.32. The Bertz CT molecular complexity index is 733. The highest BCUT2D eigenvalue weighted by molar-refractivity contribution is 9.10. The third-order valence-electron chi connectivity index (χ3n) is 4.09. The highest BCUT2D eigenvalue weighted by atomic mass is 79.9. The minimum absolute atomic E-state index is 0.00641. The largest absolute Gasteiger partial charge is 0.465 e. The average Bonchev–Trinajstić information content (AvgIpc) is 2.54. The van der Waals surface area contributed by atoms with Gasteiger partial charge in [-0.25, -0.2) is 4.79 Å². The summed E-state index contributed by atoms with van der Waals surface area (Å²) in [5.41, 5.74) is 7.48. The molecule has 1 unspecified atom stereocenters. The molecule has 120 valence electrons. The van der Waals surface area contributed by atoms with Gasteiger partial charge in [-0.15, -0.1) is 0 Å². The zero-order chi connectivity index (χ0) is 16.6. The average molecular weight is 378 g/mol. The van der Waals surface area contributed by atoms with Crippen LogP contribution in [-0.4, -0.2) is 18.9 Å². The normalized spacial score (nSPS) is 21.0. The van der Waals surface area contributed by atoms with E-state index in [1.165, 1.54) is 7.11 Å². The van der Waals surface area contributed by atoms with Crippen molar-refractivity contribution in [1.82, 2.24) is 0 Å². The summed E-state index contributed by atoms with van der Waals surface area (Å²) in [6.45, 7) is 0. The number of carbonyl (C=O) groups is 2. The lowest BCUT2D eigenvalue weighted by molar-refractivity contribution is -0.136. The van der Waals surface area contributed by atoms with Crippen LogP contribution in [0.2, 0.25) is 0 Å². The van der Waals surface area contributed by atoms with Gasteiger partial charge in [-0.3, -0.25) is 4.79 Å². The van der Waals surface area contributed by atoms with Gasteiger partial charge in [-0.1, -0.05) is 28.1 Å². The highest BCUT2D eigenvalue weighted by Gasteiger charge is 2.40. The fraction of sp³-hybridized carbons (Fsp3) is 0.294. The number of allylic oxidation sites excluding steroid dienone is 2. The molecule has 6 heteroatoms. The molecule has 0 radical (unpaired) electrons. The van der Waals surface area contributed by atoms with Crippen LogP contribution in [-0.2, 0) is 19.1 Å². The van der Waals surface area contributed by atoms with Crippen LogP contribution in [0.4, 0.5) is 0 Å². The summed E-state index contributed by atoms with van der Waals surface area (Å²) < 4.78 is 11.3. The third kappa shape index (κ3) is 2.79. The van der Waals surface area contributed by atoms with E-state index >= 15 is 0 Å². The second kappa shape index (κ2) is 6.20. The molecule has 0 spiro atoms. The van der Waals surface area contributed by atoms with E-state index in [0.29, 0.717) is 24.2 Å². The van der Waals surface area contributed by atoms with Gasteiger partial charge in [-0.2, -0.15) is 0 Å². The second-order valence-electron chi connectivity index (χ2n) is 5.47. The first kappa shape index (κ1) is 15.8. The molecule has 1 aromatic carbocycles. The minimum atomic E-state index is -0.583. The van der Waals surface area contributed by atoms with Crippen LogP contribution in [0.25, 0.3) is 0 Å². The molecule has 0 saturated heterocycles. The molecule has 0 bridgehead atoms. The van der Waals surface area contributed by atoms with E-state index in [9.17, 15) is 9.59 Å². The first-order valence-electron chi connectivity index (χ1n) is 7.30. The predicted octanol–water partition coefficient (Wildman–Crippen LogP) is 2.91. The molecule has 2 N–H and O–H groups in total. The van der Waals surface area contributed by atoms with Crippen LogP contribution >= 0.6 is 15.9 Å². The Hall–Kier alpha value is -2.08. The van der Waals surface area contributed by atoms with E-state index < -0.39 is 11.9 Å². The predicted molar refractivity (Wildman–Crippen MR) is 87.1 cm³/mol. The quantitative estimate of drug-likeness (QED) is 0.801. The van der Waals surface area contributed by atoms with E-state index in [-0.39, 0.29) is 17.2 Å². The highest BCUT2D eigenvalue weighted by Crippen LogP contribution is 2.44. The maximum Gasteiger partial charge on any atom is 0.340 e. The first-order valence-corrected chi connectivity index (χ1v) is 8.09. The molecule has 2 aliphatic rings. The minimum Gasteiger partial charge on any atom is -0.465 e. The molecule has 0 saturated carbocycles. The summed E-state index contributed by atoms with van der Waals surface area (Å²) in [6, 6.07) is 7.46. The molecule has 3 rings (SSSR count). The Morgan fingerprint density at radius 2 is 2.00 bits per heavy atom. The molecule has 1 aliphatic heterocycles. The molecule has 0 fully saturated rings. The number of hydrogen-bond donors (Lipinski definition) is 1. The number of esters is 1. The lowest BCUT2D eigenvalue weighted by Gasteiger charge is -2.32. The van der Waals surface area contributed by atoms with Crippen molar-refractivity contribution in [3.63, 3.8) is 0 Å². The van der Waals surface area contributed by atoms with Crippen LogP contribution in [0.1, 0.15) is 30.7 Å². The Morgan fingerprint density at radius 3 is 2.65 bits per heavy atom. The molecule has 1 aliphatic carbocycles. The number of ether oxygens (including phenoxy) is 2. The number of benzene rings is 1. The molecule has 1 atom stereocenters. The lowest BCUT2D eigenvalue weighted by Crippen LogP contribution is -2.31. The van der Waals surface area contributed by atoms with E-state index in [1.807, 2.05) is 24.3 Å². The van der Waals surface area contributed by atoms with Gasteiger partial charge >= 0.3 is 5.97 Å². The molecule has 23 heavy (non-hydrogen) atoms. The number of hydrogen-bond acceptors (Lipinski definition) is 5. The number of rotatable bonds is 2. The monoisotopic (exact) mass is 377 g/mol. The summed E-state index contributed by atoms with van der Waals surface area (Å²) in [5, 5.41) is 0. The van der Waals surface area contributed by atoms with Gasteiger partial charge in [-0.05, 0) is 24.1 Å². The summed E-state index contributed by atoms with van der Waals surface area (Å²) in [6.07, 6.45) is 1.82. The van der Waals surface area contributed by atoms with Gasteiger partial charge in [0.2, 0.25) is 5.88 Å². The van der Waals surface area contributed by atoms with Crippen molar-refractivity contribution in [2.24, 2.45) is 5.73 Å². The van der Waals surface area contributed by atoms with E-state index in [2.05, 4.69) is 15.9 Å². The van der Waals surface area contributed by atoms with Crippen molar-refractivity contribution in [2.45, 2.75) is 25.2 Å². The SMILES string of the molecule is COC(=O)C1=C(N)OC2=C(C(=O)CCC2)C1c1ccc(Br)cc1. The molecule has 5 nitrogen and oxygen atoms in total. The van der Waals surface area contributed by atoms with Gasteiger partial charge in [0.15, 0.2) is 5.78 Å². The zero-order valence-electron chi connectivity index (χ0n) is 12.6. The van der Waals surface area contributed by atoms with Gasteiger partial charge in [0.25, 0.3) is 0 Å². The van der Waals surface area contributed by atoms with Crippen molar-refractivity contribution < 1.29 is 19.1 Å². The molecule has 1 aromatic rings. The number of Topliss-reactive ketones (excluding diaryl/α,β-unsaturated/α-hetero) is 1. The van der Waals surface area contributed by atoms with Crippen molar-refractivity contribution in [1.29, 1.82) is 0 Å². The van der Waals surface area contributed by atoms with Crippen molar-refractivity contribution >= 4 is 27.7 Å². The molecular weight excluding hydrogens is 362 g/mol. The lowest BCUT2D eigenvalue weighted by atomic mass is 9.77. The van der Waals surface area contributed by atoms with Crippen molar-refractivity contribution in [3.05, 3.63) is 57.1 Å². The topological polar surface area (TPSA) is 78.6 Å². The van der Waals surface area contributed by atoms with E-state index in [1.54, 1.807) is 0 Å². The number of ketones is 1. The third-order valence-corrected chi connectivity index (χ3v) is 4.62. The van der Waals surface area contributed by atoms with Gasteiger partial charge < -0.3 is 15.2 Å².